The fraction of sp³-hybridized carbons (Fsp3) is 0.600. The molecule has 1 heterocycles. The summed E-state index contributed by atoms with van der Waals surface area (Å²) in [5, 5.41) is 8.24. The molecule has 0 bridgehead atoms. The number of carbonyl (C=O) groups excluding carboxylic acids is 2. The maximum Gasteiger partial charge on any atom is 0.416 e. The number of halogens is 3. The molecule has 0 aromatic heterocycles. The molecule has 0 saturated carbocycles. The standard InChI is InChI=1S/C20H28F3N3O4/c1-12(2)29-9-4-10-30-19-25-16(11-17(27)26-19)18(28)24-13(3)14-5-7-15(8-6-14)20(21,22)23/h5-8,12-13,16,19,25H,4,9-11H2,1-3H3,(H,24,28)(H,26,27). The van der Waals surface area contributed by atoms with E-state index in [9.17, 15) is 22.8 Å². The summed E-state index contributed by atoms with van der Waals surface area (Å²) >= 11 is 0. The summed E-state index contributed by atoms with van der Waals surface area (Å²) in [5.41, 5.74) is -0.233. The summed E-state index contributed by atoms with van der Waals surface area (Å²) in [6.07, 6.45) is -4.53. The number of benzene rings is 1. The molecule has 1 saturated heterocycles. The van der Waals surface area contributed by atoms with E-state index in [0.717, 1.165) is 12.1 Å². The molecular weight excluding hydrogens is 403 g/mol. The highest BCUT2D eigenvalue weighted by atomic mass is 19.4. The molecule has 0 aliphatic carbocycles. The molecule has 1 aliphatic rings. The summed E-state index contributed by atoms with van der Waals surface area (Å²) in [5.74, 6) is -0.770. The Kier molecular flexibility index (Phi) is 8.63. The zero-order valence-corrected chi connectivity index (χ0v) is 17.2. The second kappa shape index (κ2) is 10.7. The van der Waals surface area contributed by atoms with E-state index in [2.05, 4.69) is 16.0 Å². The highest BCUT2D eigenvalue weighted by Crippen LogP contribution is 2.29. The Hall–Kier alpha value is -2.17. The van der Waals surface area contributed by atoms with Crippen LogP contribution in [0.4, 0.5) is 13.2 Å². The van der Waals surface area contributed by atoms with Gasteiger partial charge in [-0.1, -0.05) is 12.1 Å². The number of amides is 2. The van der Waals surface area contributed by atoms with E-state index < -0.39 is 36.1 Å². The van der Waals surface area contributed by atoms with Gasteiger partial charge in [0.2, 0.25) is 11.8 Å². The Morgan fingerprint density at radius 2 is 1.87 bits per heavy atom. The summed E-state index contributed by atoms with van der Waals surface area (Å²) in [6, 6.07) is 3.24. The van der Waals surface area contributed by atoms with Crippen molar-refractivity contribution in [3.8, 4) is 0 Å². The number of ether oxygens (including phenoxy) is 2. The van der Waals surface area contributed by atoms with Gasteiger partial charge in [0, 0.05) is 6.61 Å². The van der Waals surface area contributed by atoms with Crippen LogP contribution in [0.5, 0.6) is 0 Å². The molecule has 3 atom stereocenters. The molecule has 1 aromatic carbocycles. The average Bonchev–Trinajstić information content (AvgIpc) is 2.66. The first-order valence-corrected chi connectivity index (χ1v) is 9.82. The lowest BCUT2D eigenvalue weighted by atomic mass is 10.0. The lowest BCUT2D eigenvalue weighted by molar-refractivity contribution is -0.139. The molecule has 2 amide bonds. The SMILES string of the molecule is CC(C)OCCCOC1NC(=O)CC(C(=O)NC(C)c2ccc(C(F)(F)F)cc2)N1. The van der Waals surface area contributed by atoms with Crippen LogP contribution in [0, 0.1) is 0 Å². The third-order valence-electron chi connectivity index (χ3n) is 4.47. The van der Waals surface area contributed by atoms with Gasteiger partial charge >= 0.3 is 6.18 Å². The minimum Gasteiger partial charge on any atom is -0.379 e. The summed E-state index contributed by atoms with van der Waals surface area (Å²) < 4.78 is 49.0. The van der Waals surface area contributed by atoms with Gasteiger partial charge in [0.25, 0.3) is 0 Å². The Labute approximate surface area is 173 Å². The monoisotopic (exact) mass is 431 g/mol. The predicted molar refractivity (Wildman–Crippen MR) is 103 cm³/mol. The second-order valence-corrected chi connectivity index (χ2v) is 7.36. The van der Waals surface area contributed by atoms with Crippen LogP contribution in [-0.4, -0.2) is 43.5 Å². The van der Waals surface area contributed by atoms with Gasteiger partial charge in [0.15, 0.2) is 6.35 Å². The number of alkyl halides is 3. The zero-order valence-electron chi connectivity index (χ0n) is 17.2. The lowest BCUT2D eigenvalue weighted by Gasteiger charge is -2.31. The molecule has 168 valence electrons. The van der Waals surface area contributed by atoms with Crippen LogP contribution in [0.25, 0.3) is 0 Å². The average molecular weight is 431 g/mol. The molecule has 1 fully saturated rings. The van der Waals surface area contributed by atoms with Crippen molar-refractivity contribution in [2.24, 2.45) is 0 Å². The molecule has 3 unspecified atom stereocenters. The Bertz CT molecular complexity index is 710. The summed E-state index contributed by atoms with van der Waals surface area (Å²) in [4.78, 5) is 24.5. The summed E-state index contributed by atoms with van der Waals surface area (Å²) in [6.45, 7) is 6.37. The van der Waals surface area contributed by atoms with Crippen LogP contribution >= 0.6 is 0 Å². The summed E-state index contributed by atoms with van der Waals surface area (Å²) in [7, 11) is 0. The lowest BCUT2D eigenvalue weighted by Crippen LogP contribution is -2.61. The smallest absolute Gasteiger partial charge is 0.379 e. The Morgan fingerprint density at radius 1 is 1.20 bits per heavy atom. The third kappa shape index (κ3) is 7.58. The normalized spacial score (nSPS) is 20.7. The molecule has 0 spiro atoms. The molecule has 2 rings (SSSR count). The Balaban J connectivity index is 1.85. The highest BCUT2D eigenvalue weighted by Gasteiger charge is 2.32. The van der Waals surface area contributed by atoms with E-state index in [0.29, 0.717) is 25.2 Å². The van der Waals surface area contributed by atoms with E-state index >= 15 is 0 Å². The van der Waals surface area contributed by atoms with Gasteiger partial charge in [0.05, 0.1) is 36.8 Å². The van der Waals surface area contributed by atoms with Crippen LogP contribution in [-0.2, 0) is 25.2 Å². The van der Waals surface area contributed by atoms with Crippen molar-refractivity contribution in [1.29, 1.82) is 0 Å². The fourth-order valence-electron chi connectivity index (χ4n) is 2.87. The Morgan fingerprint density at radius 3 is 2.47 bits per heavy atom. The van der Waals surface area contributed by atoms with Crippen LogP contribution < -0.4 is 16.0 Å². The van der Waals surface area contributed by atoms with Gasteiger partial charge in [0.1, 0.15) is 0 Å². The third-order valence-corrected chi connectivity index (χ3v) is 4.47. The first-order chi connectivity index (χ1) is 14.1. The van der Waals surface area contributed by atoms with Crippen molar-refractivity contribution >= 4 is 11.8 Å². The molecule has 3 N–H and O–H groups in total. The van der Waals surface area contributed by atoms with Gasteiger partial charge in [-0.15, -0.1) is 0 Å². The minimum absolute atomic E-state index is 0.0676. The van der Waals surface area contributed by atoms with Crippen molar-refractivity contribution < 1.29 is 32.2 Å². The number of rotatable bonds is 9. The topological polar surface area (TPSA) is 88.7 Å². The van der Waals surface area contributed by atoms with E-state index in [1.807, 2.05) is 13.8 Å². The molecule has 1 aromatic rings. The quantitative estimate of drug-likeness (QED) is 0.523. The number of nitrogens with one attached hydrogen (secondary N) is 3. The molecule has 1 aliphatic heterocycles. The van der Waals surface area contributed by atoms with Crippen LogP contribution in [0.3, 0.4) is 0 Å². The van der Waals surface area contributed by atoms with Gasteiger partial charge in [-0.05, 0) is 44.9 Å². The maximum absolute atomic E-state index is 12.7. The minimum atomic E-state index is -4.42. The van der Waals surface area contributed by atoms with Crippen molar-refractivity contribution in [1.82, 2.24) is 16.0 Å². The first kappa shape index (κ1) is 24.1. The van der Waals surface area contributed by atoms with Crippen molar-refractivity contribution in [3.05, 3.63) is 35.4 Å². The molecule has 30 heavy (non-hydrogen) atoms. The number of carbonyl (C=O) groups is 2. The van der Waals surface area contributed by atoms with Gasteiger partial charge in [-0.25, -0.2) is 0 Å². The largest absolute Gasteiger partial charge is 0.416 e. The fourth-order valence-corrected chi connectivity index (χ4v) is 2.87. The zero-order chi connectivity index (χ0) is 22.3. The van der Waals surface area contributed by atoms with Crippen LogP contribution in [0.15, 0.2) is 24.3 Å². The first-order valence-electron chi connectivity index (χ1n) is 9.82. The van der Waals surface area contributed by atoms with Gasteiger partial charge in [-0.3, -0.25) is 14.9 Å². The molecule has 10 heteroatoms. The van der Waals surface area contributed by atoms with Crippen LogP contribution in [0.1, 0.15) is 50.8 Å². The van der Waals surface area contributed by atoms with Gasteiger partial charge in [-0.2, -0.15) is 13.2 Å². The maximum atomic E-state index is 12.7. The predicted octanol–water partition coefficient (Wildman–Crippen LogP) is 2.48. The molecular formula is C20H28F3N3O4. The van der Waals surface area contributed by atoms with Crippen molar-refractivity contribution in [3.63, 3.8) is 0 Å². The number of hydrogen-bond donors (Lipinski definition) is 3. The van der Waals surface area contributed by atoms with E-state index in [1.165, 1.54) is 12.1 Å². The van der Waals surface area contributed by atoms with Crippen molar-refractivity contribution in [2.45, 2.75) is 64.3 Å². The van der Waals surface area contributed by atoms with Crippen molar-refractivity contribution in [2.75, 3.05) is 13.2 Å². The van der Waals surface area contributed by atoms with Gasteiger partial charge < -0.3 is 20.1 Å². The number of hydrogen-bond acceptors (Lipinski definition) is 5. The van der Waals surface area contributed by atoms with Crippen LogP contribution in [0.2, 0.25) is 0 Å². The van der Waals surface area contributed by atoms with E-state index in [4.69, 9.17) is 9.47 Å². The second-order valence-electron chi connectivity index (χ2n) is 7.36. The van der Waals surface area contributed by atoms with E-state index in [-0.39, 0.29) is 18.4 Å². The molecule has 0 radical (unpaired) electrons. The molecule has 7 nitrogen and oxygen atoms in total. The highest BCUT2D eigenvalue weighted by molar-refractivity contribution is 5.89. The van der Waals surface area contributed by atoms with E-state index in [1.54, 1.807) is 6.92 Å².